The molecule has 9 nitrogen and oxygen atoms in total. The van der Waals surface area contributed by atoms with Gasteiger partial charge in [-0.1, -0.05) is 6.07 Å². The van der Waals surface area contributed by atoms with Crippen LogP contribution in [0.2, 0.25) is 0 Å². The number of β-amino-alcohol motifs (C(OH)–C–C–N with tert-alkyl or cyclic N) is 1. The van der Waals surface area contributed by atoms with Crippen LogP contribution in [0.15, 0.2) is 47.6 Å². The highest BCUT2D eigenvalue weighted by atomic mass is 16.5. The van der Waals surface area contributed by atoms with Crippen LogP contribution in [0.1, 0.15) is 44.8 Å². The van der Waals surface area contributed by atoms with Crippen LogP contribution in [0.4, 0.5) is 0 Å². The molecule has 0 aliphatic carbocycles. The number of nitrogens with one attached hydrogen (secondary N) is 1. The summed E-state index contributed by atoms with van der Waals surface area (Å²) in [5, 5.41) is 13.5. The second-order valence-electron chi connectivity index (χ2n) is 9.95. The highest BCUT2D eigenvalue weighted by molar-refractivity contribution is 5.94. The number of hydrogen-bond acceptors (Lipinski definition) is 8. The van der Waals surface area contributed by atoms with Crippen LogP contribution in [0.3, 0.4) is 0 Å². The Morgan fingerprint density at radius 1 is 1.30 bits per heavy atom. The van der Waals surface area contributed by atoms with Crippen LogP contribution in [0.5, 0.6) is 5.75 Å². The predicted octanol–water partition coefficient (Wildman–Crippen LogP) is 2.69. The number of oxazole rings is 1. The summed E-state index contributed by atoms with van der Waals surface area (Å²) in [5.74, 6) is 1.81. The van der Waals surface area contributed by atoms with Gasteiger partial charge in [-0.05, 0) is 66.5 Å². The number of aliphatic hydroxyl groups excluding tert-OH is 1. The molecule has 0 saturated carbocycles. The van der Waals surface area contributed by atoms with Crippen LogP contribution in [-0.2, 0) is 30.7 Å². The number of carbonyl (C=O) groups is 1. The Kier molecular flexibility index (Phi) is 8.13. The Hall–Kier alpha value is -3.27. The zero-order valence-corrected chi connectivity index (χ0v) is 21.2. The molecule has 4 heterocycles. The minimum atomic E-state index is -0.664. The van der Waals surface area contributed by atoms with E-state index in [1.54, 1.807) is 12.4 Å². The van der Waals surface area contributed by atoms with Crippen molar-refractivity contribution in [1.29, 1.82) is 0 Å². The highest BCUT2D eigenvalue weighted by Gasteiger charge is 2.22. The lowest BCUT2D eigenvalue weighted by atomic mass is 9.94. The van der Waals surface area contributed by atoms with Crippen molar-refractivity contribution in [1.82, 2.24) is 20.2 Å². The second kappa shape index (κ2) is 11.9. The Balaban J connectivity index is 1.10. The fraction of sp³-hybridized carbons (Fsp3) is 0.464. The van der Waals surface area contributed by atoms with Crippen molar-refractivity contribution < 1.29 is 23.8 Å². The van der Waals surface area contributed by atoms with Crippen molar-refractivity contribution in [2.45, 2.75) is 45.4 Å². The highest BCUT2D eigenvalue weighted by Crippen LogP contribution is 2.30. The van der Waals surface area contributed by atoms with E-state index in [1.807, 2.05) is 18.3 Å². The second-order valence-corrected chi connectivity index (χ2v) is 9.95. The van der Waals surface area contributed by atoms with Gasteiger partial charge in [0.25, 0.3) is 5.91 Å². The minimum absolute atomic E-state index is 0.191. The van der Waals surface area contributed by atoms with Crippen LogP contribution >= 0.6 is 0 Å². The van der Waals surface area contributed by atoms with Gasteiger partial charge in [-0.25, -0.2) is 4.98 Å². The molecule has 2 atom stereocenters. The van der Waals surface area contributed by atoms with Crippen LogP contribution < -0.4 is 10.1 Å². The van der Waals surface area contributed by atoms with Crippen LogP contribution in [-0.4, -0.2) is 64.8 Å². The number of nitrogens with zero attached hydrogens (tertiary/aromatic N) is 3. The van der Waals surface area contributed by atoms with Crippen LogP contribution in [0.25, 0.3) is 0 Å². The number of fused-ring (bicyclic) bond motifs is 1. The number of hydrogen-bond donors (Lipinski definition) is 2. The molecule has 5 rings (SSSR count). The number of benzene rings is 1. The molecule has 1 unspecified atom stereocenters. The number of pyridine rings is 1. The average Bonchev–Trinajstić information content (AvgIpc) is 3.62. The van der Waals surface area contributed by atoms with E-state index >= 15 is 0 Å². The smallest absolute Gasteiger partial charge is 0.252 e. The molecular formula is C28H34N4O5. The summed E-state index contributed by atoms with van der Waals surface area (Å²) in [6.45, 7) is 6.26. The molecule has 1 fully saturated rings. The molecule has 1 aromatic carbocycles. The van der Waals surface area contributed by atoms with Gasteiger partial charge in [0.15, 0.2) is 12.2 Å². The van der Waals surface area contributed by atoms with Crippen molar-refractivity contribution in [3.05, 3.63) is 76.8 Å². The maximum atomic E-state index is 12.7. The van der Waals surface area contributed by atoms with E-state index in [0.717, 1.165) is 62.4 Å². The minimum Gasteiger partial charge on any atom is -0.485 e. The number of rotatable bonds is 10. The largest absolute Gasteiger partial charge is 0.485 e. The average molecular weight is 507 g/mol. The van der Waals surface area contributed by atoms with E-state index in [1.165, 1.54) is 17.5 Å². The molecular weight excluding hydrogens is 472 g/mol. The fourth-order valence-electron chi connectivity index (χ4n) is 5.13. The first-order chi connectivity index (χ1) is 18.0. The quantitative estimate of drug-likeness (QED) is 0.432. The third-order valence-electron chi connectivity index (χ3n) is 7.14. The lowest BCUT2D eigenvalue weighted by molar-refractivity contribution is 0.0841. The third kappa shape index (κ3) is 6.54. The van der Waals surface area contributed by atoms with Gasteiger partial charge in [0.05, 0.1) is 17.9 Å². The Morgan fingerprint density at radius 3 is 3.03 bits per heavy atom. The van der Waals surface area contributed by atoms with Gasteiger partial charge >= 0.3 is 0 Å². The number of aromatic nitrogens is 2. The van der Waals surface area contributed by atoms with Gasteiger partial charge in [0, 0.05) is 51.8 Å². The van der Waals surface area contributed by atoms with E-state index in [-0.39, 0.29) is 12.5 Å². The zero-order chi connectivity index (χ0) is 25.6. The summed E-state index contributed by atoms with van der Waals surface area (Å²) in [4.78, 5) is 23.0. The topological polar surface area (TPSA) is 110 Å². The third-order valence-corrected chi connectivity index (χ3v) is 7.14. The number of aliphatic hydroxyl groups is 1. The fourth-order valence-corrected chi connectivity index (χ4v) is 5.13. The van der Waals surface area contributed by atoms with E-state index in [4.69, 9.17) is 13.9 Å². The summed E-state index contributed by atoms with van der Waals surface area (Å²) >= 11 is 0. The zero-order valence-electron chi connectivity index (χ0n) is 21.2. The summed E-state index contributed by atoms with van der Waals surface area (Å²) < 4.78 is 16.6. The molecule has 3 aromatic rings. The maximum absolute atomic E-state index is 12.7. The number of ether oxygens (including phenoxy) is 2. The summed E-state index contributed by atoms with van der Waals surface area (Å²) in [6.07, 6.45) is 8.56. The Bertz CT molecular complexity index is 1190. The molecule has 1 saturated heterocycles. The van der Waals surface area contributed by atoms with Crippen molar-refractivity contribution in [3.63, 3.8) is 0 Å². The van der Waals surface area contributed by atoms with Crippen molar-refractivity contribution in [3.8, 4) is 5.75 Å². The summed E-state index contributed by atoms with van der Waals surface area (Å²) in [7, 11) is 0. The van der Waals surface area contributed by atoms with Gasteiger partial charge in [-0.2, -0.15) is 0 Å². The number of amides is 1. The molecule has 2 aliphatic heterocycles. The Labute approximate surface area is 216 Å². The monoisotopic (exact) mass is 506 g/mol. The molecule has 9 heteroatoms. The van der Waals surface area contributed by atoms with E-state index in [2.05, 4.69) is 33.2 Å². The van der Waals surface area contributed by atoms with Crippen molar-refractivity contribution in [2.75, 3.05) is 32.8 Å². The summed E-state index contributed by atoms with van der Waals surface area (Å²) in [6, 6.07) is 5.98. The SMILES string of the molecule is Cc1c(OCc2cnco2)ccc2c1CCN(C[C@@H](O)CNC(=O)c1cncc(CC3CCOC3)c1)C2. The van der Waals surface area contributed by atoms with Gasteiger partial charge in [0.2, 0.25) is 0 Å². The van der Waals surface area contributed by atoms with Gasteiger partial charge in [-0.15, -0.1) is 0 Å². The first-order valence-corrected chi connectivity index (χ1v) is 12.9. The van der Waals surface area contributed by atoms with Crippen LogP contribution in [0, 0.1) is 12.8 Å². The normalized spacial score (nSPS) is 18.4. The predicted molar refractivity (Wildman–Crippen MR) is 136 cm³/mol. The van der Waals surface area contributed by atoms with E-state index in [0.29, 0.717) is 30.4 Å². The van der Waals surface area contributed by atoms with E-state index < -0.39 is 6.10 Å². The first kappa shape index (κ1) is 25.4. The molecule has 0 radical (unpaired) electrons. The van der Waals surface area contributed by atoms with Crippen molar-refractivity contribution >= 4 is 5.91 Å². The lowest BCUT2D eigenvalue weighted by Crippen LogP contribution is -2.42. The van der Waals surface area contributed by atoms with Gasteiger partial charge in [0.1, 0.15) is 12.4 Å². The van der Waals surface area contributed by atoms with Crippen molar-refractivity contribution in [2.24, 2.45) is 5.92 Å². The molecule has 37 heavy (non-hydrogen) atoms. The molecule has 2 aromatic heterocycles. The molecule has 1 amide bonds. The molecule has 0 spiro atoms. The van der Waals surface area contributed by atoms with Gasteiger partial charge < -0.3 is 24.3 Å². The maximum Gasteiger partial charge on any atom is 0.252 e. The molecule has 2 aliphatic rings. The summed E-state index contributed by atoms with van der Waals surface area (Å²) in [5.41, 5.74) is 5.24. The Morgan fingerprint density at radius 2 is 2.22 bits per heavy atom. The molecule has 196 valence electrons. The van der Waals surface area contributed by atoms with E-state index in [9.17, 15) is 9.90 Å². The first-order valence-electron chi connectivity index (χ1n) is 12.9. The molecule has 0 bridgehead atoms. The molecule has 2 N–H and O–H groups in total. The lowest BCUT2D eigenvalue weighted by Gasteiger charge is -2.31. The van der Waals surface area contributed by atoms with Gasteiger partial charge in [-0.3, -0.25) is 14.7 Å². The number of carbonyl (C=O) groups excluding carboxylic acids is 1. The standard InChI is InChI=1S/C28H34N4O5/c1-19-26-4-6-32(14-22(26)2-3-27(19)36-17-25-13-30-18-37-25)15-24(33)12-31-28(34)23-9-21(10-29-11-23)8-20-5-7-35-16-20/h2-3,9-11,13,18,20,24,33H,4-8,12,14-17H2,1H3,(H,31,34)/t20?,24-/m0/s1.